The van der Waals surface area contributed by atoms with Crippen molar-refractivity contribution in [3.05, 3.63) is 168 Å². The van der Waals surface area contributed by atoms with Crippen LogP contribution in [0.3, 0.4) is 0 Å². The van der Waals surface area contributed by atoms with Crippen LogP contribution in [0.4, 0.5) is 0 Å². The predicted molar refractivity (Wildman–Crippen MR) is 170 cm³/mol. The summed E-state index contributed by atoms with van der Waals surface area (Å²) in [5.74, 6) is 0.936. The molecule has 42 heavy (non-hydrogen) atoms. The van der Waals surface area contributed by atoms with Gasteiger partial charge in [0.2, 0.25) is 0 Å². The van der Waals surface area contributed by atoms with E-state index in [9.17, 15) is 0 Å². The first kappa shape index (κ1) is 35.7. The van der Waals surface area contributed by atoms with Crippen molar-refractivity contribution in [2.24, 2.45) is 11.8 Å². The second-order valence-electron chi connectivity index (χ2n) is 10.1. The van der Waals surface area contributed by atoms with Crippen LogP contribution in [0.1, 0.15) is 38.8 Å². The van der Waals surface area contributed by atoms with E-state index in [0.29, 0.717) is 11.8 Å². The third-order valence-electron chi connectivity index (χ3n) is 6.82. The molecule has 212 valence electrons. The minimum atomic E-state index is -0.406. The molecule has 0 nitrogen and oxygen atoms in total. The summed E-state index contributed by atoms with van der Waals surface area (Å²) < 4.78 is 0. The first-order valence-corrected chi connectivity index (χ1v) is 20.8. The topological polar surface area (TPSA) is 0 Å². The van der Waals surface area contributed by atoms with Crippen molar-refractivity contribution in [3.8, 4) is 0 Å². The molecule has 4 aromatic rings. The van der Waals surface area contributed by atoms with Crippen LogP contribution in [0.15, 0.2) is 145 Å². The number of benzene rings is 4. The summed E-state index contributed by atoms with van der Waals surface area (Å²) in [5, 5.41) is 3.07. The van der Waals surface area contributed by atoms with E-state index in [0.717, 1.165) is 0 Å². The summed E-state index contributed by atoms with van der Waals surface area (Å²) in [7, 11) is 0. The maximum atomic E-state index is 3.39. The monoisotopic (exact) mass is 770 g/mol. The van der Waals surface area contributed by atoms with Gasteiger partial charge in [0.05, 0.1) is 0 Å². The van der Waals surface area contributed by atoms with Crippen LogP contribution in [0.2, 0.25) is 0 Å². The number of halogens is 2. The van der Waals surface area contributed by atoms with E-state index < -0.39 is 5.49 Å². The molecular weight excluding hydrogens is 734 g/mol. The van der Waals surface area contributed by atoms with E-state index >= 15 is 0 Å². The van der Waals surface area contributed by atoms with Gasteiger partial charge in [-0.25, -0.2) is 11.1 Å². The van der Waals surface area contributed by atoms with E-state index in [1.165, 1.54) is 66.8 Å². The molecule has 0 aromatic heterocycles. The van der Waals surface area contributed by atoms with Crippen LogP contribution in [0, 0.1) is 24.0 Å². The fourth-order valence-corrected chi connectivity index (χ4v) is 9.89. The molecule has 0 heterocycles. The zero-order valence-corrected chi connectivity index (χ0v) is 30.7. The Morgan fingerprint density at radius 2 is 0.786 bits per heavy atom. The van der Waals surface area contributed by atoms with E-state index in [1.54, 1.807) is 0 Å². The zero-order chi connectivity index (χ0) is 28.3. The molecule has 2 unspecified atom stereocenters. The Morgan fingerprint density at radius 1 is 0.500 bits per heavy atom. The van der Waals surface area contributed by atoms with Crippen LogP contribution in [-0.4, -0.2) is 5.49 Å². The molecule has 2 aliphatic rings. The fraction of sp³-hybridized carbons (Fsp3) is 0.158. The van der Waals surface area contributed by atoms with Crippen molar-refractivity contribution in [1.82, 2.24) is 0 Å². The summed E-state index contributed by atoms with van der Waals surface area (Å²) >= 11 is 1.27. The van der Waals surface area contributed by atoms with Crippen LogP contribution in [0.5, 0.6) is 0 Å². The molecule has 0 amide bonds. The summed E-state index contributed by atoms with van der Waals surface area (Å²) in [6.45, 7) is 8.59. The number of hydrogen-bond acceptors (Lipinski definition) is 0. The second-order valence-corrected chi connectivity index (χ2v) is 17.4. The van der Waals surface area contributed by atoms with Crippen molar-refractivity contribution in [1.29, 1.82) is 0 Å². The molecule has 0 bridgehead atoms. The normalized spacial score (nSPS) is 16.4. The average molecular weight is 770 g/mol. The molecule has 2 atom stereocenters. The molecule has 0 saturated carbocycles. The Balaban J connectivity index is 0.000000215. The molecule has 0 saturated heterocycles. The zero-order valence-electron chi connectivity index (χ0n) is 24.6. The molecule has 0 radical (unpaired) electrons. The average Bonchev–Trinajstić information content (AvgIpc) is 3.53. The van der Waals surface area contributed by atoms with Gasteiger partial charge in [0.15, 0.2) is 0 Å². The minimum absolute atomic E-state index is 0. The van der Waals surface area contributed by atoms with Gasteiger partial charge in [-0.3, -0.25) is 12.2 Å². The van der Waals surface area contributed by atoms with Crippen molar-refractivity contribution >= 4 is 27.0 Å². The van der Waals surface area contributed by atoms with E-state index in [4.69, 9.17) is 0 Å². The number of hydrogen-bond donors (Lipinski definition) is 0. The van der Waals surface area contributed by atoms with Gasteiger partial charge in [0.25, 0.3) is 0 Å². The van der Waals surface area contributed by atoms with E-state index in [-0.39, 0.29) is 24.8 Å². The van der Waals surface area contributed by atoms with Crippen molar-refractivity contribution < 1.29 is 47.8 Å². The first-order chi connectivity index (χ1) is 19.4. The molecule has 6 rings (SSSR count). The van der Waals surface area contributed by atoms with Gasteiger partial charge >= 0.3 is 99.5 Å². The molecule has 2 aliphatic carbocycles. The molecule has 4 heteroatoms. The molecule has 0 spiro atoms. The van der Waals surface area contributed by atoms with Gasteiger partial charge in [-0.2, -0.15) is 23.3 Å². The summed E-state index contributed by atoms with van der Waals surface area (Å²) in [6.07, 6.45) is 11.3. The first-order valence-electron chi connectivity index (χ1n) is 13.9. The van der Waals surface area contributed by atoms with Crippen molar-refractivity contribution in [2.45, 2.75) is 27.7 Å². The summed E-state index contributed by atoms with van der Waals surface area (Å²) in [4.78, 5) is 0. The number of rotatable bonds is 4. The van der Waals surface area contributed by atoms with Gasteiger partial charge in [-0.1, -0.05) is 100 Å². The van der Waals surface area contributed by atoms with E-state index in [2.05, 4.69) is 161 Å². The van der Waals surface area contributed by atoms with Gasteiger partial charge in [0.1, 0.15) is 0 Å². The predicted octanol–water partition coefficient (Wildman–Crippen LogP) is 2.29. The molecule has 0 N–H and O–H groups in total. The molecule has 0 aliphatic heterocycles. The van der Waals surface area contributed by atoms with Crippen molar-refractivity contribution in [3.63, 3.8) is 0 Å². The van der Waals surface area contributed by atoms with E-state index in [1.807, 2.05) is 12.1 Å². The Bertz CT molecular complexity index is 1410. The fourth-order valence-electron chi connectivity index (χ4n) is 4.91. The molecule has 4 aromatic carbocycles. The van der Waals surface area contributed by atoms with Gasteiger partial charge in [-0.05, 0) is 0 Å². The Hall–Kier alpha value is -2.49. The maximum absolute atomic E-state index is 3.39. The Labute approximate surface area is 280 Å². The van der Waals surface area contributed by atoms with Gasteiger partial charge < -0.3 is 24.8 Å². The second kappa shape index (κ2) is 18.2. The summed E-state index contributed by atoms with van der Waals surface area (Å²) in [5.41, 5.74) is 7.43. The summed E-state index contributed by atoms with van der Waals surface area (Å²) in [6, 6.07) is 42.8. The third-order valence-corrected chi connectivity index (χ3v) is 14.9. The van der Waals surface area contributed by atoms with Crippen LogP contribution in [-0.2, 0) is 23.0 Å². The van der Waals surface area contributed by atoms with Crippen LogP contribution < -0.4 is 35.2 Å². The van der Waals surface area contributed by atoms with Gasteiger partial charge in [0, 0.05) is 0 Å². The third kappa shape index (κ3) is 10.3. The standard InChI is InChI=1S/2C13H13.C12H10Si.2ClH.Hf/c2*1-10-8-11(2)13(9-10)12-6-4-3-5-7-12;1-3-7-11(8-4-1)13-12-9-5-2-6-10-12;;;/h2*3-7,9-10H,1-2H3;1-10H;2*1H;/q2*-1;;;;+2/p-2. The van der Waals surface area contributed by atoms with Crippen LogP contribution >= 0.6 is 0 Å². The van der Waals surface area contributed by atoms with Crippen molar-refractivity contribution in [2.75, 3.05) is 0 Å². The molecular formula is C38H36Cl2HfSi-2. The SMILES string of the molecule is CC1=[C-]C(C)C=C1c1ccccc1.CC1=[C-]C(C)C=C1c1ccccc1.[Cl-].[Cl-].[Hf+2]=[Si](c1ccccc1)c1ccccc1. The Kier molecular flexibility index (Phi) is 15.5. The van der Waals surface area contributed by atoms with Crippen LogP contribution in [0.25, 0.3) is 11.1 Å². The quantitative estimate of drug-likeness (QED) is 0.221. The van der Waals surface area contributed by atoms with Gasteiger partial charge in [-0.15, -0.1) is 11.1 Å². The Morgan fingerprint density at radius 3 is 1.05 bits per heavy atom. The number of allylic oxidation sites excluding steroid dienone is 8. The molecule has 0 fully saturated rings.